The van der Waals surface area contributed by atoms with Crippen LogP contribution in [0.5, 0.6) is 0 Å². The number of hydrogen-bond acceptors (Lipinski definition) is 7. The molecule has 37 heavy (non-hydrogen) atoms. The Balaban J connectivity index is 1.25. The van der Waals surface area contributed by atoms with Crippen molar-refractivity contribution >= 4 is 34.3 Å². The van der Waals surface area contributed by atoms with Crippen molar-refractivity contribution < 1.29 is 10.0 Å². The quantitative estimate of drug-likeness (QED) is 0.352. The predicted molar refractivity (Wildman–Crippen MR) is 144 cm³/mol. The lowest BCUT2D eigenvalue weighted by molar-refractivity contribution is -0.163. The van der Waals surface area contributed by atoms with Crippen molar-refractivity contribution in [1.29, 1.82) is 0 Å². The van der Waals surface area contributed by atoms with Crippen molar-refractivity contribution in [3.8, 4) is 0 Å². The fraction of sp³-hybridized carbons (Fsp3) is 0.500. The minimum absolute atomic E-state index is 0.0159. The number of benzene rings is 1. The minimum Gasteiger partial charge on any atom is -0.372 e. The van der Waals surface area contributed by atoms with E-state index in [1.165, 1.54) is 12.6 Å². The van der Waals surface area contributed by atoms with Gasteiger partial charge >= 0.3 is 0 Å². The number of nitrogens with zero attached hydrogens (tertiary/aromatic N) is 5. The number of aryl methyl sites for hydroxylation is 1. The smallest absolute Gasteiger partial charge is 0.252 e. The van der Waals surface area contributed by atoms with E-state index in [1.807, 2.05) is 29.8 Å². The molecule has 2 N–H and O–H groups in total. The van der Waals surface area contributed by atoms with Crippen LogP contribution in [0.4, 0.5) is 17.3 Å². The van der Waals surface area contributed by atoms with Crippen LogP contribution in [0.3, 0.4) is 0 Å². The second-order valence-corrected chi connectivity index (χ2v) is 10.4. The number of fused-ring (bicyclic) bond motifs is 1. The molecule has 1 aliphatic heterocycles. The summed E-state index contributed by atoms with van der Waals surface area (Å²) in [5, 5.41) is 14.6. The molecule has 5 rings (SSSR count). The van der Waals surface area contributed by atoms with E-state index in [9.17, 15) is 14.8 Å². The molecule has 0 unspecified atom stereocenters. The van der Waals surface area contributed by atoms with Crippen molar-refractivity contribution in [2.75, 3.05) is 29.9 Å². The molecule has 3 heterocycles. The summed E-state index contributed by atoms with van der Waals surface area (Å²) in [4.78, 5) is 35.7. The van der Waals surface area contributed by atoms with Gasteiger partial charge in [-0.3, -0.25) is 19.4 Å². The van der Waals surface area contributed by atoms with E-state index < -0.39 is 0 Å². The summed E-state index contributed by atoms with van der Waals surface area (Å²) < 4.78 is 1.87. The first kappa shape index (κ1) is 25.2. The van der Waals surface area contributed by atoms with Crippen LogP contribution in [-0.2, 0) is 4.79 Å². The Morgan fingerprint density at radius 3 is 2.51 bits per heavy atom. The Morgan fingerprint density at radius 2 is 1.84 bits per heavy atom. The van der Waals surface area contributed by atoms with E-state index >= 15 is 0 Å². The fourth-order valence-corrected chi connectivity index (χ4v) is 5.67. The average Bonchev–Trinajstić information content (AvgIpc) is 3.42. The van der Waals surface area contributed by atoms with Crippen LogP contribution in [0.15, 0.2) is 41.3 Å². The van der Waals surface area contributed by atoms with Crippen molar-refractivity contribution in [2.45, 2.75) is 64.8 Å². The molecule has 196 valence electrons. The van der Waals surface area contributed by atoms with Gasteiger partial charge in [-0.15, -0.1) is 0 Å². The highest BCUT2D eigenvalue weighted by molar-refractivity contribution is 5.79. The number of nitrogens with one attached hydrogen (secondary N) is 1. The molecule has 2 aliphatic rings. The number of carbonyl (C=O) groups excluding carboxylic acids is 1. The normalized spacial score (nSPS) is 16.9. The number of amides is 1. The largest absolute Gasteiger partial charge is 0.372 e. The molecular weight excluding hydrogens is 468 g/mol. The van der Waals surface area contributed by atoms with E-state index in [0.717, 1.165) is 79.7 Å². The number of hydrogen-bond donors (Lipinski definition) is 2. The van der Waals surface area contributed by atoms with Crippen LogP contribution in [0.25, 0.3) is 11.0 Å². The zero-order valence-corrected chi connectivity index (χ0v) is 21.7. The molecule has 9 nitrogen and oxygen atoms in total. The molecule has 1 aromatic carbocycles. The summed E-state index contributed by atoms with van der Waals surface area (Å²) in [5.74, 6) is 0.696. The van der Waals surface area contributed by atoms with E-state index in [1.54, 1.807) is 6.07 Å². The Morgan fingerprint density at radius 1 is 1.14 bits per heavy atom. The number of anilines is 3. The third-order valence-electron chi connectivity index (χ3n) is 7.90. The summed E-state index contributed by atoms with van der Waals surface area (Å²) in [6, 6.07) is 10.2. The summed E-state index contributed by atoms with van der Waals surface area (Å²) in [6.07, 6.45) is 9.05. The Labute approximate surface area is 217 Å². The van der Waals surface area contributed by atoms with Crippen LogP contribution >= 0.6 is 0 Å². The van der Waals surface area contributed by atoms with Gasteiger partial charge < -0.3 is 10.2 Å². The van der Waals surface area contributed by atoms with Gasteiger partial charge in [-0.2, -0.15) is 4.98 Å². The number of hydroxylamine groups is 2. The molecule has 1 aliphatic carbocycles. The van der Waals surface area contributed by atoms with Gasteiger partial charge in [0, 0.05) is 61.6 Å². The first-order chi connectivity index (χ1) is 17.9. The molecule has 9 heteroatoms. The standard InChI is InChI=1S/C28H36N6O3/c1-19-17-26(36)34(24-5-3-4-6-24)27-25(19)18-29-28(31-27)30-22-7-9-23(10-8-22)32-14-11-21(12-15-32)13-16-33(37)20(2)35/h7-10,17-18,21,24,37H,3-6,11-16H2,1-2H3,(H,29,30,31). The number of pyridine rings is 1. The number of piperidine rings is 1. The first-order valence-electron chi connectivity index (χ1n) is 13.4. The fourth-order valence-electron chi connectivity index (χ4n) is 5.67. The number of carbonyl (C=O) groups is 1. The van der Waals surface area contributed by atoms with Gasteiger partial charge in [0.15, 0.2) is 0 Å². The highest BCUT2D eigenvalue weighted by atomic mass is 16.5. The zero-order valence-electron chi connectivity index (χ0n) is 21.7. The maximum atomic E-state index is 12.9. The molecule has 1 saturated carbocycles. The minimum atomic E-state index is -0.307. The lowest BCUT2D eigenvalue weighted by atomic mass is 9.93. The molecular formula is C28H36N6O3. The van der Waals surface area contributed by atoms with Crippen LogP contribution in [0, 0.1) is 12.8 Å². The third-order valence-corrected chi connectivity index (χ3v) is 7.90. The van der Waals surface area contributed by atoms with Gasteiger partial charge in [0.05, 0.1) is 0 Å². The highest BCUT2D eigenvalue weighted by Gasteiger charge is 2.22. The second-order valence-electron chi connectivity index (χ2n) is 10.4. The molecule has 2 aromatic heterocycles. The van der Waals surface area contributed by atoms with E-state index in [-0.39, 0.29) is 17.5 Å². The number of rotatable bonds is 7. The summed E-state index contributed by atoms with van der Waals surface area (Å²) in [7, 11) is 0. The van der Waals surface area contributed by atoms with Crippen molar-refractivity contribution in [1.82, 2.24) is 19.6 Å². The van der Waals surface area contributed by atoms with Gasteiger partial charge in [0.1, 0.15) is 5.65 Å². The molecule has 0 radical (unpaired) electrons. The topological polar surface area (TPSA) is 104 Å². The molecule has 0 spiro atoms. The van der Waals surface area contributed by atoms with Crippen molar-refractivity contribution in [2.24, 2.45) is 5.92 Å². The molecule has 2 fully saturated rings. The molecule has 3 aromatic rings. The molecule has 0 atom stereocenters. The Bertz CT molecular complexity index is 1310. The summed E-state index contributed by atoms with van der Waals surface area (Å²) >= 11 is 0. The molecule has 0 bridgehead atoms. The van der Waals surface area contributed by atoms with Gasteiger partial charge in [-0.05, 0) is 74.8 Å². The maximum Gasteiger partial charge on any atom is 0.252 e. The van der Waals surface area contributed by atoms with Gasteiger partial charge in [-0.1, -0.05) is 12.8 Å². The highest BCUT2D eigenvalue weighted by Crippen LogP contribution is 2.31. The second kappa shape index (κ2) is 10.9. The van der Waals surface area contributed by atoms with Crippen molar-refractivity contribution in [3.63, 3.8) is 0 Å². The Kier molecular flexibility index (Phi) is 7.41. The van der Waals surface area contributed by atoms with E-state index in [2.05, 4.69) is 27.3 Å². The molecule has 1 amide bonds. The third kappa shape index (κ3) is 5.61. The number of aromatic nitrogens is 3. The van der Waals surface area contributed by atoms with Crippen LogP contribution in [0.1, 0.15) is 63.5 Å². The monoisotopic (exact) mass is 504 g/mol. The zero-order chi connectivity index (χ0) is 25.9. The first-order valence-corrected chi connectivity index (χ1v) is 13.4. The van der Waals surface area contributed by atoms with Crippen LogP contribution < -0.4 is 15.8 Å². The van der Waals surface area contributed by atoms with E-state index in [0.29, 0.717) is 24.1 Å². The average molecular weight is 505 g/mol. The van der Waals surface area contributed by atoms with Gasteiger partial charge in [-0.25, -0.2) is 10.0 Å². The molecule has 1 saturated heterocycles. The lowest BCUT2D eigenvalue weighted by Gasteiger charge is -2.34. The van der Waals surface area contributed by atoms with Gasteiger partial charge in [0.2, 0.25) is 11.9 Å². The predicted octanol–water partition coefficient (Wildman–Crippen LogP) is 4.80. The lowest BCUT2D eigenvalue weighted by Crippen LogP contribution is -2.35. The van der Waals surface area contributed by atoms with E-state index in [4.69, 9.17) is 4.98 Å². The summed E-state index contributed by atoms with van der Waals surface area (Å²) in [5.41, 5.74) is 3.69. The van der Waals surface area contributed by atoms with Crippen LogP contribution in [-0.4, -0.2) is 50.3 Å². The van der Waals surface area contributed by atoms with Crippen molar-refractivity contribution in [3.05, 3.63) is 52.4 Å². The maximum absolute atomic E-state index is 12.9. The SMILES string of the molecule is CC(=O)N(O)CCC1CCN(c2ccc(Nc3ncc4c(C)cc(=O)n(C5CCCC5)c4n3)cc2)CC1. The Hall–Kier alpha value is -3.46. The summed E-state index contributed by atoms with van der Waals surface area (Å²) in [6.45, 7) is 5.62. The van der Waals surface area contributed by atoms with Gasteiger partial charge in [0.25, 0.3) is 5.56 Å². The van der Waals surface area contributed by atoms with Crippen LogP contribution in [0.2, 0.25) is 0 Å².